The van der Waals surface area contributed by atoms with Crippen LogP contribution in [0.2, 0.25) is 0 Å². The van der Waals surface area contributed by atoms with Crippen molar-refractivity contribution in [1.29, 1.82) is 0 Å². The Hall–Kier alpha value is -1.44. The highest BCUT2D eigenvalue weighted by Crippen LogP contribution is 2.23. The Labute approximate surface area is 109 Å². The molecule has 0 aromatic carbocycles. The second-order valence-corrected chi connectivity index (χ2v) is 5.33. The molecule has 0 aromatic rings. The molecule has 1 amide bonds. The first-order valence-corrected chi connectivity index (χ1v) is 5.70. The van der Waals surface area contributed by atoms with Crippen molar-refractivity contribution in [2.24, 2.45) is 0 Å². The molecule has 0 spiro atoms. The summed E-state index contributed by atoms with van der Waals surface area (Å²) in [7, 11) is 0. The summed E-state index contributed by atoms with van der Waals surface area (Å²) in [6.07, 6.45) is -1.09. The Kier molecular flexibility index (Phi) is 4.34. The number of amides is 1. The van der Waals surface area contributed by atoms with Crippen molar-refractivity contribution in [3.63, 3.8) is 0 Å². The van der Waals surface area contributed by atoms with Crippen LogP contribution in [0, 0.1) is 0 Å². The van der Waals surface area contributed by atoms with E-state index in [9.17, 15) is 18.4 Å². The number of hydrogen-bond donors (Lipinski definition) is 1. The number of ether oxygens (including phenoxy) is 2. The molecule has 19 heavy (non-hydrogen) atoms. The average Bonchev–Trinajstić information content (AvgIpc) is 2.33. The van der Waals surface area contributed by atoms with Gasteiger partial charge in [0.2, 0.25) is 0 Å². The van der Waals surface area contributed by atoms with Gasteiger partial charge in [0.05, 0.1) is 13.2 Å². The fourth-order valence-electron chi connectivity index (χ4n) is 1.53. The summed E-state index contributed by atoms with van der Waals surface area (Å²) in [5.41, 5.74) is -0.900. The first-order chi connectivity index (χ1) is 8.52. The molecule has 0 bridgehead atoms. The lowest BCUT2D eigenvalue weighted by Crippen LogP contribution is -2.51. The number of rotatable bonds is 1. The van der Waals surface area contributed by atoms with Crippen LogP contribution in [0.25, 0.3) is 0 Å². The van der Waals surface area contributed by atoms with Gasteiger partial charge in [-0.05, 0) is 20.8 Å². The normalized spacial score (nSPS) is 23.6. The van der Waals surface area contributed by atoms with Crippen molar-refractivity contribution in [3.05, 3.63) is 0 Å². The highest BCUT2D eigenvalue weighted by molar-refractivity contribution is 5.80. The third-order valence-electron chi connectivity index (χ3n) is 2.28. The van der Waals surface area contributed by atoms with Gasteiger partial charge in [-0.15, -0.1) is 0 Å². The molecule has 1 unspecified atom stereocenters. The van der Waals surface area contributed by atoms with Gasteiger partial charge in [0.25, 0.3) is 5.92 Å². The molecule has 0 radical (unpaired) electrons. The number of aliphatic carboxylic acids is 1. The Morgan fingerprint density at radius 1 is 1.42 bits per heavy atom. The Morgan fingerprint density at radius 2 is 2.00 bits per heavy atom. The Balaban J connectivity index is 2.94. The molecule has 1 fully saturated rings. The molecule has 0 saturated carbocycles. The number of alkyl halides is 2. The molecule has 8 heteroatoms. The molecule has 1 aliphatic rings. The van der Waals surface area contributed by atoms with Crippen molar-refractivity contribution in [2.75, 3.05) is 19.8 Å². The van der Waals surface area contributed by atoms with Gasteiger partial charge in [-0.3, -0.25) is 4.90 Å². The minimum Gasteiger partial charge on any atom is -0.480 e. The van der Waals surface area contributed by atoms with E-state index in [1.54, 1.807) is 20.8 Å². The second-order valence-electron chi connectivity index (χ2n) is 5.33. The van der Waals surface area contributed by atoms with Crippen LogP contribution < -0.4 is 0 Å². The first-order valence-electron chi connectivity index (χ1n) is 5.70. The zero-order valence-corrected chi connectivity index (χ0v) is 11.0. The molecule has 110 valence electrons. The van der Waals surface area contributed by atoms with Crippen molar-refractivity contribution < 1.29 is 33.0 Å². The van der Waals surface area contributed by atoms with E-state index >= 15 is 0 Å². The van der Waals surface area contributed by atoms with Crippen molar-refractivity contribution in [3.8, 4) is 0 Å². The van der Waals surface area contributed by atoms with Crippen LogP contribution in [0.5, 0.6) is 0 Å². The van der Waals surface area contributed by atoms with Crippen molar-refractivity contribution >= 4 is 12.1 Å². The largest absolute Gasteiger partial charge is 0.480 e. The third-order valence-corrected chi connectivity index (χ3v) is 2.28. The van der Waals surface area contributed by atoms with Gasteiger partial charge in [-0.2, -0.15) is 0 Å². The van der Waals surface area contributed by atoms with Crippen molar-refractivity contribution in [1.82, 2.24) is 4.90 Å². The standard InChI is InChI=1S/C11H17F2NO5/c1-10(2,3)19-9(17)14-5-11(12,13)6-18-4-7(14)8(15)16/h7H,4-6H2,1-3H3,(H,15,16). The van der Waals surface area contributed by atoms with Crippen LogP contribution in [-0.4, -0.2) is 59.4 Å². The number of carboxylic acid groups (broad SMARTS) is 1. The summed E-state index contributed by atoms with van der Waals surface area (Å²) < 4.78 is 36.3. The van der Waals surface area contributed by atoms with Gasteiger partial charge < -0.3 is 14.6 Å². The summed E-state index contributed by atoms with van der Waals surface area (Å²) in [6.45, 7) is 2.23. The minimum absolute atomic E-state index is 0.496. The van der Waals surface area contributed by atoms with Gasteiger partial charge in [0.15, 0.2) is 6.04 Å². The van der Waals surface area contributed by atoms with Crippen LogP contribution in [-0.2, 0) is 14.3 Å². The fraction of sp³-hybridized carbons (Fsp3) is 0.818. The monoisotopic (exact) mass is 281 g/mol. The lowest BCUT2D eigenvalue weighted by Gasteiger charge is -2.30. The highest BCUT2D eigenvalue weighted by Gasteiger charge is 2.44. The second kappa shape index (κ2) is 5.28. The van der Waals surface area contributed by atoms with Crippen LogP contribution in [0.3, 0.4) is 0 Å². The maximum atomic E-state index is 13.4. The average molecular weight is 281 g/mol. The summed E-state index contributed by atoms with van der Waals surface area (Å²) in [4.78, 5) is 23.3. The lowest BCUT2D eigenvalue weighted by atomic mass is 10.2. The summed E-state index contributed by atoms with van der Waals surface area (Å²) in [5.74, 6) is -4.72. The number of carboxylic acids is 1. The van der Waals surface area contributed by atoms with Crippen LogP contribution >= 0.6 is 0 Å². The molecular formula is C11H17F2NO5. The molecule has 1 saturated heterocycles. The number of nitrogens with zero attached hydrogens (tertiary/aromatic N) is 1. The molecule has 0 aliphatic carbocycles. The summed E-state index contributed by atoms with van der Waals surface area (Å²) >= 11 is 0. The number of carbonyl (C=O) groups excluding carboxylic acids is 1. The SMILES string of the molecule is CC(C)(C)OC(=O)N1CC(F)(F)COCC1C(=O)O. The van der Waals surface area contributed by atoms with E-state index in [1.165, 1.54) is 0 Å². The molecule has 1 rings (SSSR count). The zero-order chi connectivity index (χ0) is 14.8. The van der Waals surface area contributed by atoms with E-state index in [-0.39, 0.29) is 0 Å². The molecule has 1 N–H and O–H groups in total. The number of hydrogen-bond acceptors (Lipinski definition) is 4. The number of carbonyl (C=O) groups is 2. The van der Waals surface area contributed by atoms with Crippen LogP contribution in [0.4, 0.5) is 13.6 Å². The molecular weight excluding hydrogens is 264 g/mol. The molecule has 1 heterocycles. The predicted octanol–water partition coefficient (Wildman–Crippen LogP) is 1.34. The zero-order valence-electron chi connectivity index (χ0n) is 11.0. The third kappa shape index (κ3) is 4.62. The van der Waals surface area contributed by atoms with E-state index in [1.807, 2.05) is 0 Å². The first kappa shape index (κ1) is 15.6. The van der Waals surface area contributed by atoms with Crippen LogP contribution in [0.15, 0.2) is 0 Å². The van der Waals surface area contributed by atoms with Gasteiger partial charge in [0.1, 0.15) is 12.2 Å². The molecule has 0 aromatic heterocycles. The fourth-order valence-corrected chi connectivity index (χ4v) is 1.53. The van der Waals surface area contributed by atoms with Gasteiger partial charge >= 0.3 is 12.1 Å². The Morgan fingerprint density at radius 3 is 2.47 bits per heavy atom. The smallest absolute Gasteiger partial charge is 0.411 e. The molecule has 6 nitrogen and oxygen atoms in total. The lowest BCUT2D eigenvalue weighted by molar-refractivity contribution is -0.144. The van der Waals surface area contributed by atoms with E-state index in [0.29, 0.717) is 4.90 Å². The van der Waals surface area contributed by atoms with E-state index in [4.69, 9.17) is 9.84 Å². The highest BCUT2D eigenvalue weighted by atomic mass is 19.3. The van der Waals surface area contributed by atoms with Crippen LogP contribution in [0.1, 0.15) is 20.8 Å². The summed E-state index contributed by atoms with van der Waals surface area (Å²) in [5, 5.41) is 8.98. The topological polar surface area (TPSA) is 76.1 Å². The Bertz CT molecular complexity index is 367. The maximum absolute atomic E-state index is 13.4. The molecule has 1 aliphatic heterocycles. The van der Waals surface area contributed by atoms with Crippen molar-refractivity contribution in [2.45, 2.75) is 38.3 Å². The predicted molar refractivity (Wildman–Crippen MR) is 60.1 cm³/mol. The summed E-state index contributed by atoms with van der Waals surface area (Å²) in [6, 6.07) is -1.48. The maximum Gasteiger partial charge on any atom is 0.411 e. The van der Waals surface area contributed by atoms with E-state index in [0.717, 1.165) is 0 Å². The van der Waals surface area contributed by atoms with E-state index < -0.39 is 49.4 Å². The van der Waals surface area contributed by atoms with E-state index in [2.05, 4.69) is 4.74 Å². The quantitative estimate of drug-likeness (QED) is 0.785. The van der Waals surface area contributed by atoms with Gasteiger partial charge in [-0.1, -0.05) is 0 Å². The number of halogens is 2. The van der Waals surface area contributed by atoms with Gasteiger partial charge in [0, 0.05) is 0 Å². The molecule has 1 atom stereocenters. The van der Waals surface area contributed by atoms with Gasteiger partial charge in [-0.25, -0.2) is 18.4 Å². The minimum atomic E-state index is -3.30.